The van der Waals surface area contributed by atoms with Crippen molar-refractivity contribution in [2.45, 2.75) is 288 Å². The van der Waals surface area contributed by atoms with Gasteiger partial charge in [0, 0.05) is 55.4 Å². The van der Waals surface area contributed by atoms with E-state index in [1.807, 2.05) is 16.7 Å². The summed E-state index contributed by atoms with van der Waals surface area (Å²) < 4.78 is 0. The van der Waals surface area contributed by atoms with Crippen molar-refractivity contribution in [2.75, 3.05) is 14.1 Å². The third-order valence-corrected chi connectivity index (χ3v) is 16.8. The Hall–Kier alpha value is -0.980. The topological polar surface area (TPSA) is 42.6 Å². The monoisotopic (exact) mass is 802 g/mol. The van der Waals surface area contributed by atoms with E-state index < -0.39 is 0 Å². The summed E-state index contributed by atoms with van der Waals surface area (Å²) in [6, 6.07) is 2.95. The maximum atomic E-state index is 4.16. The lowest BCUT2D eigenvalue weighted by atomic mass is 9.59. The fourth-order valence-electron chi connectivity index (χ4n) is 15.6. The van der Waals surface area contributed by atoms with E-state index in [0.29, 0.717) is 29.6 Å². The normalized spacial score (nSPS) is 31.3. The van der Waals surface area contributed by atoms with Gasteiger partial charge in [-0.25, -0.2) is 0 Å². The quantitative estimate of drug-likeness (QED) is 0.277. The van der Waals surface area contributed by atoms with E-state index in [4.69, 9.17) is 0 Å². The van der Waals surface area contributed by atoms with Crippen LogP contribution in [0.4, 0.5) is 0 Å². The van der Waals surface area contributed by atoms with Gasteiger partial charge in [-0.05, 0) is 274 Å². The summed E-state index contributed by atoms with van der Waals surface area (Å²) in [7, 11) is 4.81. The number of benzene rings is 1. The van der Waals surface area contributed by atoms with Crippen molar-refractivity contribution >= 4 is 0 Å². The molecule has 0 spiro atoms. The van der Waals surface area contributed by atoms with Gasteiger partial charge in [0.2, 0.25) is 0 Å². The average molecular weight is 802 g/mol. The van der Waals surface area contributed by atoms with Gasteiger partial charge in [0.25, 0.3) is 0 Å². The van der Waals surface area contributed by atoms with Crippen molar-refractivity contribution in [3.05, 3.63) is 33.9 Å². The van der Waals surface area contributed by atoms with Gasteiger partial charge in [0.15, 0.2) is 0 Å². The number of hydrogen-bond donors (Lipinski definition) is 3. The zero-order valence-electron chi connectivity index (χ0n) is 42.4. The fourth-order valence-corrected chi connectivity index (χ4v) is 15.6. The predicted octanol–water partition coefficient (Wildman–Crippen LogP) is 12.5. The number of nitrogens with one attached hydrogen (secondary N) is 3. The Morgan fingerprint density at radius 2 is 0.534 bits per heavy atom. The van der Waals surface area contributed by atoms with Gasteiger partial charge in [-0.2, -0.15) is 0 Å². The van der Waals surface area contributed by atoms with Gasteiger partial charge in [0.05, 0.1) is 0 Å². The fraction of sp³-hybridized carbons (Fsp3) is 0.887. The Balaban J connectivity index is 1.79. The molecule has 332 valence electrons. The van der Waals surface area contributed by atoms with Crippen molar-refractivity contribution < 1.29 is 0 Å². The molecule has 1 aromatic carbocycles. The van der Waals surface area contributed by atoms with Crippen molar-refractivity contribution in [2.24, 2.45) is 0 Å². The second-order valence-corrected chi connectivity index (χ2v) is 27.9. The van der Waals surface area contributed by atoms with Crippen LogP contribution in [0.15, 0.2) is 6.07 Å². The first-order chi connectivity index (χ1) is 25.9. The summed E-state index contributed by atoms with van der Waals surface area (Å²) in [5.41, 5.74) is 9.68. The summed E-state index contributed by atoms with van der Waals surface area (Å²) in [4.78, 5) is 5.43. The molecule has 5 fully saturated rings. The molecule has 6 rings (SSSR count). The molecule has 0 radical (unpaired) electrons. The van der Waals surface area contributed by atoms with Crippen LogP contribution in [0.2, 0.25) is 0 Å². The molecule has 1 aromatic rings. The minimum atomic E-state index is 0.0470. The van der Waals surface area contributed by atoms with E-state index >= 15 is 0 Å². The standard InChI is InChI=1S/C53H95N5/c1-44(2)24-34(25-45(3,4)54-44)39-23-40(35-30-50(13,14)57(21)51(15,16)31-35)41(36-26-46(5,6)55-47(7,8)27-36)43(37-28-48(9,10)56-49(11,12)29-37)42(39)38-32-52(17,18)58(22)53(19,20)33-38/h23,34-38,54-56H,24-33H2,1-22H3. The maximum Gasteiger partial charge on any atom is 0.0161 e. The highest BCUT2D eigenvalue weighted by molar-refractivity contribution is 5.56. The van der Waals surface area contributed by atoms with Crippen molar-refractivity contribution in [1.82, 2.24) is 25.8 Å². The number of hydrogen-bond acceptors (Lipinski definition) is 5. The Labute approximate surface area is 360 Å². The van der Waals surface area contributed by atoms with Crippen LogP contribution in [0, 0.1) is 0 Å². The van der Waals surface area contributed by atoms with Gasteiger partial charge in [0.1, 0.15) is 0 Å². The van der Waals surface area contributed by atoms with E-state index in [1.54, 1.807) is 11.1 Å². The van der Waals surface area contributed by atoms with Gasteiger partial charge >= 0.3 is 0 Å². The summed E-state index contributed by atoms with van der Waals surface area (Å²) in [5, 5.41) is 12.4. The molecule has 3 N–H and O–H groups in total. The summed E-state index contributed by atoms with van der Waals surface area (Å²) in [5.74, 6) is 2.53. The SMILES string of the molecule is CN1C(C)(C)CC(c2cc(C3CC(C)(C)NC(C)(C)C3)c(C3CC(C)(C)N(C)C(C)(C)C3)c(C3CC(C)(C)NC(C)(C)C3)c2C2CC(C)(C)NC(C)(C)C2)CC1(C)C. The third kappa shape index (κ3) is 9.35. The second-order valence-electron chi connectivity index (χ2n) is 27.9. The molecular formula is C53H95N5. The average Bonchev–Trinajstić information content (AvgIpc) is 2.96. The smallest absolute Gasteiger partial charge is 0.0161 e. The first kappa shape index (κ1) is 46.5. The summed E-state index contributed by atoms with van der Waals surface area (Å²) >= 11 is 0. The van der Waals surface area contributed by atoms with E-state index in [9.17, 15) is 0 Å². The van der Waals surface area contributed by atoms with Crippen LogP contribution in [-0.2, 0) is 0 Å². The van der Waals surface area contributed by atoms with Crippen LogP contribution < -0.4 is 16.0 Å². The van der Waals surface area contributed by atoms with Crippen LogP contribution in [0.3, 0.4) is 0 Å². The molecule has 5 heteroatoms. The van der Waals surface area contributed by atoms with Gasteiger partial charge in [-0.1, -0.05) is 6.07 Å². The minimum Gasteiger partial charge on any atom is -0.307 e. The highest BCUT2D eigenvalue weighted by atomic mass is 15.2. The second kappa shape index (κ2) is 14.3. The van der Waals surface area contributed by atoms with Crippen LogP contribution >= 0.6 is 0 Å². The molecule has 0 aliphatic carbocycles. The lowest BCUT2D eigenvalue weighted by Gasteiger charge is -2.57. The van der Waals surface area contributed by atoms with Crippen LogP contribution in [-0.4, -0.2) is 79.3 Å². The van der Waals surface area contributed by atoms with E-state index in [2.05, 4.69) is 184 Å². The molecule has 5 nitrogen and oxygen atoms in total. The van der Waals surface area contributed by atoms with Crippen molar-refractivity contribution in [3.8, 4) is 0 Å². The lowest BCUT2D eigenvalue weighted by Crippen LogP contribution is -2.59. The van der Waals surface area contributed by atoms with Crippen molar-refractivity contribution in [3.63, 3.8) is 0 Å². The number of piperidine rings is 5. The molecule has 5 aliphatic heterocycles. The predicted molar refractivity (Wildman–Crippen MR) is 252 cm³/mol. The molecule has 5 heterocycles. The first-order valence-electron chi connectivity index (χ1n) is 23.9. The van der Waals surface area contributed by atoms with Gasteiger partial charge < -0.3 is 16.0 Å². The van der Waals surface area contributed by atoms with E-state index in [-0.39, 0.29) is 55.4 Å². The van der Waals surface area contributed by atoms with Crippen LogP contribution in [0.5, 0.6) is 0 Å². The molecule has 5 saturated heterocycles. The number of nitrogens with zero attached hydrogens (tertiary/aromatic N) is 2. The molecule has 0 saturated carbocycles. The Bertz CT molecular complexity index is 1620. The first-order valence-corrected chi connectivity index (χ1v) is 23.9. The van der Waals surface area contributed by atoms with Crippen LogP contribution in [0.1, 0.15) is 260 Å². The summed E-state index contributed by atoms with van der Waals surface area (Å²) in [6.45, 7) is 50.2. The molecule has 58 heavy (non-hydrogen) atoms. The molecule has 0 unspecified atom stereocenters. The highest BCUT2D eigenvalue weighted by Crippen LogP contribution is 2.58. The third-order valence-electron chi connectivity index (χ3n) is 16.8. The number of rotatable bonds is 5. The van der Waals surface area contributed by atoms with E-state index in [0.717, 1.165) is 0 Å². The Morgan fingerprint density at radius 3 is 0.828 bits per heavy atom. The molecule has 0 aromatic heterocycles. The Morgan fingerprint density at radius 1 is 0.328 bits per heavy atom. The molecular weight excluding hydrogens is 707 g/mol. The summed E-state index contributed by atoms with van der Waals surface area (Å²) in [6.07, 6.45) is 11.9. The highest BCUT2D eigenvalue weighted by Gasteiger charge is 2.52. The van der Waals surface area contributed by atoms with Gasteiger partial charge in [-0.15, -0.1) is 0 Å². The maximum absolute atomic E-state index is 4.16. The zero-order valence-corrected chi connectivity index (χ0v) is 42.4. The largest absolute Gasteiger partial charge is 0.307 e. The van der Waals surface area contributed by atoms with E-state index in [1.165, 1.54) is 64.2 Å². The minimum absolute atomic E-state index is 0.0470. The molecule has 0 bridgehead atoms. The molecule has 5 aliphatic rings. The molecule has 0 atom stereocenters. The van der Waals surface area contributed by atoms with Crippen molar-refractivity contribution in [1.29, 1.82) is 0 Å². The van der Waals surface area contributed by atoms with Crippen LogP contribution in [0.25, 0.3) is 0 Å². The Kier molecular flexibility index (Phi) is 11.4. The number of likely N-dealkylation sites (tertiary alicyclic amines) is 2. The molecule has 0 amide bonds. The zero-order chi connectivity index (χ0) is 43.8. The van der Waals surface area contributed by atoms with Gasteiger partial charge in [-0.3, -0.25) is 9.80 Å². The lowest BCUT2D eigenvalue weighted by molar-refractivity contribution is -0.0143.